The van der Waals surface area contributed by atoms with E-state index in [2.05, 4.69) is 20.6 Å². The van der Waals surface area contributed by atoms with E-state index in [0.29, 0.717) is 0 Å². The molecule has 3 amide bonds. The van der Waals surface area contributed by atoms with E-state index in [9.17, 15) is 19.2 Å². The highest BCUT2D eigenvalue weighted by Gasteiger charge is 2.26. The highest BCUT2D eigenvalue weighted by Crippen LogP contribution is 2.15. The van der Waals surface area contributed by atoms with Crippen molar-refractivity contribution in [2.75, 3.05) is 12.3 Å². The molecule has 0 fully saturated rings. The summed E-state index contributed by atoms with van der Waals surface area (Å²) in [6.07, 6.45) is -1.21. The number of alkyl carbamates (subject to hydrolysis) is 1. The second kappa shape index (κ2) is 9.64. The zero-order valence-corrected chi connectivity index (χ0v) is 16.3. The number of hydrogen-bond donors (Lipinski definition) is 6. The van der Waals surface area contributed by atoms with Crippen molar-refractivity contribution in [3.05, 3.63) is 17.6 Å². The smallest absolute Gasteiger partial charge is 0.408 e. The molecule has 1 aromatic heterocycles. The van der Waals surface area contributed by atoms with Crippen LogP contribution >= 0.6 is 0 Å². The Labute approximate surface area is 166 Å². The van der Waals surface area contributed by atoms with Crippen molar-refractivity contribution < 1.29 is 29.0 Å². The molecular weight excluding hydrogens is 386 g/mol. The van der Waals surface area contributed by atoms with Gasteiger partial charge in [-0.1, -0.05) is 0 Å². The molecule has 9 N–H and O–H groups in total. The molecule has 0 saturated carbocycles. The van der Waals surface area contributed by atoms with Crippen LogP contribution in [0.25, 0.3) is 0 Å². The standard InChI is InChI=1S/C16H25N7O6/c1-16(2,3)29-15(28)22-9(12(19)25)6-20-7(5-11(18)24)13-21-8(14(26)27)4-10(17)23-13/h4,7,9,20H,5-6H2,1-3H3,(H2,18,24)(H2,19,25)(H,22,28)(H,26,27)(H2,17,21,23)/t7-,9-/m0/s1. The van der Waals surface area contributed by atoms with E-state index in [1.165, 1.54) is 0 Å². The summed E-state index contributed by atoms with van der Waals surface area (Å²) in [5, 5.41) is 14.2. The zero-order chi connectivity index (χ0) is 22.4. The van der Waals surface area contributed by atoms with Crippen LogP contribution in [0.4, 0.5) is 10.6 Å². The number of ether oxygens (including phenoxy) is 1. The molecule has 0 aromatic carbocycles. The fourth-order valence-electron chi connectivity index (χ4n) is 2.14. The van der Waals surface area contributed by atoms with Crippen LogP contribution in [-0.4, -0.2) is 57.1 Å². The van der Waals surface area contributed by atoms with Crippen LogP contribution in [0.2, 0.25) is 0 Å². The van der Waals surface area contributed by atoms with Gasteiger partial charge in [-0.15, -0.1) is 0 Å². The highest BCUT2D eigenvalue weighted by molar-refractivity contribution is 5.86. The molecule has 0 radical (unpaired) electrons. The lowest BCUT2D eigenvalue weighted by Crippen LogP contribution is -2.52. The lowest BCUT2D eigenvalue weighted by Gasteiger charge is -2.24. The van der Waals surface area contributed by atoms with Gasteiger partial charge in [-0.3, -0.25) is 9.59 Å². The molecule has 0 aliphatic carbocycles. The number of carboxylic acids is 1. The van der Waals surface area contributed by atoms with E-state index in [0.717, 1.165) is 6.07 Å². The summed E-state index contributed by atoms with van der Waals surface area (Å²) in [5.74, 6) is -3.23. The number of nitrogens with two attached hydrogens (primary N) is 3. The fraction of sp³-hybridized carbons (Fsp3) is 0.500. The van der Waals surface area contributed by atoms with Gasteiger partial charge in [0, 0.05) is 19.0 Å². The maximum absolute atomic E-state index is 11.9. The van der Waals surface area contributed by atoms with E-state index in [1.807, 2.05) is 0 Å². The van der Waals surface area contributed by atoms with Gasteiger partial charge in [0.2, 0.25) is 11.8 Å². The summed E-state index contributed by atoms with van der Waals surface area (Å²) >= 11 is 0. The van der Waals surface area contributed by atoms with Crippen LogP contribution in [0.15, 0.2) is 6.07 Å². The molecule has 2 atom stereocenters. The Bertz CT molecular complexity index is 792. The number of nitrogen functional groups attached to an aromatic ring is 1. The first-order valence-electron chi connectivity index (χ1n) is 8.46. The number of amides is 3. The minimum absolute atomic E-state index is 0.123. The van der Waals surface area contributed by atoms with Gasteiger partial charge in [0.1, 0.15) is 23.3 Å². The molecule has 13 nitrogen and oxygen atoms in total. The molecule has 0 aliphatic heterocycles. The molecule has 0 bridgehead atoms. The van der Waals surface area contributed by atoms with Gasteiger partial charge >= 0.3 is 12.1 Å². The monoisotopic (exact) mass is 411 g/mol. The van der Waals surface area contributed by atoms with Crippen molar-refractivity contribution >= 4 is 29.7 Å². The van der Waals surface area contributed by atoms with Gasteiger partial charge < -0.3 is 37.7 Å². The largest absolute Gasteiger partial charge is 0.477 e. The first-order valence-corrected chi connectivity index (χ1v) is 8.46. The molecule has 0 aliphatic rings. The highest BCUT2D eigenvalue weighted by atomic mass is 16.6. The number of carboxylic acid groups (broad SMARTS) is 1. The molecule has 160 valence electrons. The second-order valence-corrected chi connectivity index (χ2v) is 7.07. The number of primary amides is 2. The number of aromatic nitrogens is 2. The van der Waals surface area contributed by atoms with Crippen LogP contribution in [0, 0.1) is 0 Å². The molecule has 0 spiro atoms. The third-order valence-corrected chi connectivity index (χ3v) is 3.30. The van der Waals surface area contributed by atoms with E-state index in [-0.39, 0.29) is 30.3 Å². The fourth-order valence-corrected chi connectivity index (χ4v) is 2.14. The minimum atomic E-state index is -1.35. The van der Waals surface area contributed by atoms with Crippen molar-refractivity contribution in [1.29, 1.82) is 0 Å². The van der Waals surface area contributed by atoms with Crippen LogP contribution in [0.1, 0.15) is 49.5 Å². The van der Waals surface area contributed by atoms with Crippen LogP contribution in [-0.2, 0) is 14.3 Å². The number of nitrogens with zero attached hydrogens (tertiary/aromatic N) is 2. The van der Waals surface area contributed by atoms with Crippen LogP contribution < -0.4 is 27.8 Å². The summed E-state index contributed by atoms with van der Waals surface area (Å²) in [7, 11) is 0. The van der Waals surface area contributed by atoms with Gasteiger partial charge in [0.15, 0.2) is 5.69 Å². The first-order chi connectivity index (χ1) is 13.3. The van der Waals surface area contributed by atoms with Crippen molar-refractivity contribution in [2.24, 2.45) is 11.5 Å². The summed E-state index contributed by atoms with van der Waals surface area (Å²) in [5.41, 5.74) is 14.9. The Balaban J connectivity index is 3.00. The number of carbonyl (C=O) groups is 4. The molecular formula is C16H25N7O6. The van der Waals surface area contributed by atoms with Crippen LogP contribution in [0.3, 0.4) is 0 Å². The normalized spacial score (nSPS) is 13.2. The average Bonchev–Trinajstić information content (AvgIpc) is 2.54. The van der Waals surface area contributed by atoms with Crippen molar-refractivity contribution in [1.82, 2.24) is 20.6 Å². The third kappa shape index (κ3) is 8.38. The van der Waals surface area contributed by atoms with Crippen molar-refractivity contribution in [3.8, 4) is 0 Å². The molecule has 1 rings (SSSR count). The Kier molecular flexibility index (Phi) is 7.83. The first kappa shape index (κ1) is 23.6. The Morgan fingerprint density at radius 3 is 2.31 bits per heavy atom. The average molecular weight is 411 g/mol. The number of nitrogens with one attached hydrogen (secondary N) is 2. The Morgan fingerprint density at radius 1 is 1.21 bits per heavy atom. The van der Waals surface area contributed by atoms with Crippen molar-refractivity contribution in [3.63, 3.8) is 0 Å². The number of hydrogen-bond acceptors (Lipinski definition) is 9. The Morgan fingerprint density at radius 2 is 1.83 bits per heavy atom. The van der Waals surface area contributed by atoms with Crippen molar-refractivity contribution in [2.45, 2.75) is 44.9 Å². The minimum Gasteiger partial charge on any atom is -0.477 e. The summed E-state index contributed by atoms with van der Waals surface area (Å²) in [4.78, 5) is 53.8. The van der Waals surface area contributed by atoms with Gasteiger partial charge in [0.05, 0.1) is 6.04 Å². The summed E-state index contributed by atoms with van der Waals surface area (Å²) in [6, 6.07) is -1.15. The predicted octanol–water partition coefficient (Wildman–Crippen LogP) is -1.36. The van der Waals surface area contributed by atoms with E-state index < -0.39 is 41.6 Å². The Hall–Kier alpha value is -3.48. The predicted molar refractivity (Wildman–Crippen MR) is 100 cm³/mol. The number of rotatable bonds is 9. The van der Waals surface area contributed by atoms with Gasteiger partial charge in [-0.25, -0.2) is 19.6 Å². The lowest BCUT2D eigenvalue weighted by molar-refractivity contribution is -0.120. The second-order valence-electron chi connectivity index (χ2n) is 7.07. The van der Waals surface area contributed by atoms with E-state index in [1.54, 1.807) is 20.8 Å². The molecule has 0 saturated heterocycles. The van der Waals surface area contributed by atoms with E-state index >= 15 is 0 Å². The molecule has 0 unspecified atom stereocenters. The SMILES string of the molecule is CC(C)(C)OC(=O)N[C@@H](CN[C@@H](CC(N)=O)c1nc(N)cc(C(=O)O)n1)C(N)=O. The quantitative estimate of drug-likeness (QED) is 0.280. The molecule has 1 heterocycles. The maximum atomic E-state index is 11.9. The zero-order valence-electron chi connectivity index (χ0n) is 16.3. The summed E-state index contributed by atoms with van der Waals surface area (Å²) < 4.78 is 5.07. The van der Waals surface area contributed by atoms with Crippen LogP contribution in [0.5, 0.6) is 0 Å². The number of carbonyl (C=O) groups excluding carboxylic acids is 3. The van der Waals surface area contributed by atoms with E-state index in [4.69, 9.17) is 27.0 Å². The van der Waals surface area contributed by atoms with Gasteiger partial charge in [0.25, 0.3) is 0 Å². The molecule has 29 heavy (non-hydrogen) atoms. The summed E-state index contributed by atoms with van der Waals surface area (Å²) in [6.45, 7) is 4.69. The number of anilines is 1. The number of aromatic carboxylic acids is 1. The molecule has 1 aromatic rings. The maximum Gasteiger partial charge on any atom is 0.408 e. The third-order valence-electron chi connectivity index (χ3n) is 3.30. The topological polar surface area (TPSA) is 226 Å². The molecule has 13 heteroatoms. The lowest BCUT2D eigenvalue weighted by atomic mass is 10.1. The van der Waals surface area contributed by atoms with Gasteiger partial charge in [-0.05, 0) is 20.8 Å². The van der Waals surface area contributed by atoms with Gasteiger partial charge in [-0.2, -0.15) is 0 Å².